The van der Waals surface area contributed by atoms with Gasteiger partial charge in [0.25, 0.3) is 5.56 Å². The molecule has 0 saturated carbocycles. The van der Waals surface area contributed by atoms with Gasteiger partial charge in [-0.1, -0.05) is 6.07 Å². The van der Waals surface area contributed by atoms with Crippen LogP contribution < -0.4 is 5.56 Å². The van der Waals surface area contributed by atoms with Gasteiger partial charge in [0, 0.05) is 38.3 Å². The maximum Gasteiger partial charge on any atom is 0.250 e. The number of aliphatic hydroxyl groups excluding tert-OH is 1. The lowest BCUT2D eigenvalue weighted by molar-refractivity contribution is -0.147. The molecule has 20 heavy (non-hydrogen) atoms. The number of carbonyl (C=O) groups is 1. The van der Waals surface area contributed by atoms with Gasteiger partial charge in [0.2, 0.25) is 5.91 Å². The third-order valence-electron chi connectivity index (χ3n) is 3.35. The van der Waals surface area contributed by atoms with Crippen molar-refractivity contribution in [1.82, 2.24) is 9.47 Å². The number of rotatable bonds is 4. The summed E-state index contributed by atoms with van der Waals surface area (Å²) in [5.74, 6) is -0.0191. The van der Waals surface area contributed by atoms with E-state index in [1.807, 2.05) is 6.92 Å². The molecule has 6 nitrogen and oxygen atoms in total. The summed E-state index contributed by atoms with van der Waals surface area (Å²) in [5, 5.41) is 9.14. The number of amides is 1. The monoisotopic (exact) mass is 280 g/mol. The van der Waals surface area contributed by atoms with Crippen LogP contribution in [-0.4, -0.2) is 52.4 Å². The van der Waals surface area contributed by atoms with E-state index < -0.39 is 0 Å². The van der Waals surface area contributed by atoms with Crippen molar-refractivity contribution in [3.8, 4) is 0 Å². The van der Waals surface area contributed by atoms with Crippen molar-refractivity contribution in [2.24, 2.45) is 0 Å². The molecule has 1 amide bonds. The molecular formula is C14H20N2O4. The van der Waals surface area contributed by atoms with Crippen LogP contribution in [0, 0.1) is 0 Å². The minimum absolute atomic E-state index is 0.0191. The number of carbonyl (C=O) groups excluding carboxylic acids is 1. The molecule has 6 heteroatoms. The Hall–Kier alpha value is -1.66. The van der Waals surface area contributed by atoms with E-state index in [-0.39, 0.29) is 36.7 Å². The van der Waals surface area contributed by atoms with Gasteiger partial charge in [-0.05, 0) is 13.0 Å². The van der Waals surface area contributed by atoms with Gasteiger partial charge in [-0.15, -0.1) is 0 Å². The number of hydrogen-bond acceptors (Lipinski definition) is 4. The van der Waals surface area contributed by atoms with Gasteiger partial charge in [0.15, 0.2) is 0 Å². The molecule has 1 N–H and O–H groups in total. The summed E-state index contributed by atoms with van der Waals surface area (Å²) in [6.45, 7) is 3.09. The number of aromatic nitrogens is 1. The molecule has 1 saturated heterocycles. The number of aryl methyl sites for hydroxylation is 1. The lowest BCUT2D eigenvalue weighted by Crippen LogP contribution is -2.50. The largest absolute Gasteiger partial charge is 0.394 e. The summed E-state index contributed by atoms with van der Waals surface area (Å²) in [6, 6.07) is 4.92. The highest BCUT2D eigenvalue weighted by atomic mass is 16.5. The van der Waals surface area contributed by atoms with E-state index in [9.17, 15) is 9.59 Å². The van der Waals surface area contributed by atoms with Gasteiger partial charge < -0.3 is 19.3 Å². The Morgan fingerprint density at radius 1 is 1.45 bits per heavy atom. The van der Waals surface area contributed by atoms with Crippen molar-refractivity contribution >= 4 is 5.91 Å². The zero-order chi connectivity index (χ0) is 14.5. The first-order valence-electron chi connectivity index (χ1n) is 6.79. The van der Waals surface area contributed by atoms with Crippen LogP contribution in [0.5, 0.6) is 0 Å². The van der Waals surface area contributed by atoms with Crippen LogP contribution in [0.4, 0.5) is 0 Å². The summed E-state index contributed by atoms with van der Waals surface area (Å²) in [4.78, 5) is 25.4. The molecule has 1 fully saturated rings. The number of pyridine rings is 1. The minimum atomic E-state index is -0.317. The number of ether oxygens (including phenoxy) is 1. The first-order valence-corrected chi connectivity index (χ1v) is 6.79. The second-order valence-corrected chi connectivity index (χ2v) is 5.03. The maximum atomic E-state index is 12.2. The highest BCUT2D eigenvalue weighted by Crippen LogP contribution is 2.12. The molecule has 2 unspecified atom stereocenters. The van der Waals surface area contributed by atoms with Gasteiger partial charge in [-0.2, -0.15) is 0 Å². The molecule has 2 rings (SSSR count). The Labute approximate surface area is 117 Å². The number of nitrogens with zero attached hydrogens (tertiary/aromatic N) is 2. The smallest absolute Gasteiger partial charge is 0.250 e. The van der Waals surface area contributed by atoms with Crippen molar-refractivity contribution in [3.05, 3.63) is 34.7 Å². The first-order chi connectivity index (χ1) is 9.60. The van der Waals surface area contributed by atoms with Crippen LogP contribution in [0.3, 0.4) is 0 Å². The van der Waals surface area contributed by atoms with Crippen LogP contribution >= 0.6 is 0 Å². The van der Waals surface area contributed by atoms with Gasteiger partial charge in [0.1, 0.15) is 0 Å². The third-order valence-corrected chi connectivity index (χ3v) is 3.35. The molecule has 0 spiro atoms. The quantitative estimate of drug-likeness (QED) is 0.832. The summed E-state index contributed by atoms with van der Waals surface area (Å²) < 4.78 is 7.02. The topological polar surface area (TPSA) is 71.8 Å². The number of morpholine rings is 1. The first kappa shape index (κ1) is 14.7. The average Bonchev–Trinajstić information content (AvgIpc) is 2.45. The molecule has 0 bridgehead atoms. The molecular weight excluding hydrogens is 260 g/mol. The summed E-state index contributed by atoms with van der Waals surface area (Å²) in [5.41, 5.74) is -0.108. The van der Waals surface area contributed by atoms with Gasteiger partial charge in [-0.25, -0.2) is 0 Å². The molecule has 2 atom stereocenters. The summed E-state index contributed by atoms with van der Waals surface area (Å²) in [6.07, 6.45) is 1.55. The van der Waals surface area contributed by atoms with E-state index in [1.165, 1.54) is 10.6 Å². The Morgan fingerprint density at radius 2 is 2.25 bits per heavy atom. The van der Waals surface area contributed by atoms with Gasteiger partial charge in [0.05, 0.1) is 18.8 Å². The lowest BCUT2D eigenvalue weighted by Gasteiger charge is -2.36. The summed E-state index contributed by atoms with van der Waals surface area (Å²) >= 11 is 0. The molecule has 0 radical (unpaired) electrons. The zero-order valence-corrected chi connectivity index (χ0v) is 11.6. The molecule has 1 aliphatic heterocycles. The fourth-order valence-corrected chi connectivity index (χ4v) is 2.37. The van der Waals surface area contributed by atoms with Crippen molar-refractivity contribution in [1.29, 1.82) is 0 Å². The molecule has 1 aliphatic rings. The second kappa shape index (κ2) is 6.67. The van der Waals surface area contributed by atoms with Crippen LogP contribution in [0.15, 0.2) is 29.2 Å². The third kappa shape index (κ3) is 3.68. The van der Waals surface area contributed by atoms with E-state index in [4.69, 9.17) is 9.84 Å². The molecule has 2 heterocycles. The molecule has 1 aromatic rings. The lowest BCUT2D eigenvalue weighted by atomic mass is 10.2. The van der Waals surface area contributed by atoms with Crippen LogP contribution in [0.1, 0.15) is 13.3 Å². The van der Waals surface area contributed by atoms with Crippen molar-refractivity contribution in [2.75, 3.05) is 19.7 Å². The Morgan fingerprint density at radius 3 is 2.95 bits per heavy atom. The second-order valence-electron chi connectivity index (χ2n) is 5.03. The van der Waals surface area contributed by atoms with E-state index in [1.54, 1.807) is 23.2 Å². The highest BCUT2D eigenvalue weighted by molar-refractivity contribution is 5.76. The van der Waals surface area contributed by atoms with Crippen LogP contribution in [0.25, 0.3) is 0 Å². The van der Waals surface area contributed by atoms with Gasteiger partial charge in [-0.3, -0.25) is 9.59 Å². The molecule has 110 valence electrons. The predicted molar refractivity (Wildman–Crippen MR) is 73.3 cm³/mol. The highest BCUT2D eigenvalue weighted by Gasteiger charge is 2.27. The van der Waals surface area contributed by atoms with Gasteiger partial charge >= 0.3 is 0 Å². The summed E-state index contributed by atoms with van der Waals surface area (Å²) in [7, 11) is 0. The fraction of sp³-hybridized carbons (Fsp3) is 0.571. The van der Waals surface area contributed by atoms with E-state index >= 15 is 0 Å². The van der Waals surface area contributed by atoms with E-state index in [0.29, 0.717) is 19.6 Å². The minimum Gasteiger partial charge on any atom is -0.394 e. The Bertz CT molecular complexity index is 514. The number of hydrogen-bond donors (Lipinski definition) is 1. The number of aliphatic hydroxyl groups is 1. The molecule has 1 aromatic heterocycles. The van der Waals surface area contributed by atoms with E-state index in [2.05, 4.69) is 0 Å². The van der Waals surface area contributed by atoms with Crippen molar-refractivity contribution < 1.29 is 14.6 Å². The van der Waals surface area contributed by atoms with Crippen molar-refractivity contribution in [3.63, 3.8) is 0 Å². The molecule has 0 aromatic carbocycles. The van der Waals surface area contributed by atoms with E-state index in [0.717, 1.165) is 0 Å². The zero-order valence-electron chi connectivity index (χ0n) is 11.6. The van der Waals surface area contributed by atoms with Crippen LogP contribution in [0.2, 0.25) is 0 Å². The average molecular weight is 280 g/mol. The normalized spacial score (nSPS) is 22.8. The van der Waals surface area contributed by atoms with Crippen molar-refractivity contribution in [2.45, 2.75) is 32.1 Å². The Balaban J connectivity index is 1.91. The molecule has 0 aliphatic carbocycles. The SMILES string of the molecule is CC1CN(C(=O)CCn2ccccc2=O)CC(CO)O1. The van der Waals surface area contributed by atoms with Crippen LogP contribution in [-0.2, 0) is 16.1 Å². The standard InChI is InChI=1S/C14H20N2O4/c1-11-8-16(9-12(10-17)20-11)14(19)5-7-15-6-3-2-4-13(15)18/h2-4,6,11-12,17H,5,7-10H2,1H3. The maximum absolute atomic E-state index is 12.2. The Kier molecular flexibility index (Phi) is 4.92. The predicted octanol–water partition coefficient (Wildman–Crippen LogP) is -0.153. The fourth-order valence-electron chi connectivity index (χ4n) is 2.37.